The van der Waals surface area contributed by atoms with E-state index >= 15 is 0 Å². The normalized spacial score (nSPS) is 10.8. The van der Waals surface area contributed by atoms with Gasteiger partial charge in [0, 0.05) is 13.1 Å². The molecule has 0 fully saturated rings. The molecule has 2 rings (SSSR count). The second-order valence-corrected chi connectivity index (χ2v) is 3.36. The summed E-state index contributed by atoms with van der Waals surface area (Å²) in [6.07, 6.45) is 0. The summed E-state index contributed by atoms with van der Waals surface area (Å²) in [6.45, 7) is 5.90. The average Bonchev–Trinajstić information content (AvgIpc) is 2.65. The lowest BCUT2D eigenvalue weighted by molar-refractivity contribution is 0.576. The molecule has 0 saturated heterocycles. The Morgan fingerprint density at radius 2 is 2.07 bits per heavy atom. The van der Waals surface area contributed by atoms with Gasteiger partial charge in [-0.25, -0.2) is 0 Å². The molecule has 1 aromatic carbocycles. The molecule has 0 aliphatic carbocycles. The fraction of sp³-hybridized carbons (Fsp3) is 0.364. The van der Waals surface area contributed by atoms with Gasteiger partial charge in [0.2, 0.25) is 0 Å². The fourth-order valence-corrected chi connectivity index (χ4v) is 1.59. The van der Waals surface area contributed by atoms with Crippen LogP contribution in [0.25, 0.3) is 11.1 Å². The van der Waals surface area contributed by atoms with E-state index in [0.29, 0.717) is 11.7 Å². The molecular weight excluding hydrogens is 190 g/mol. The highest BCUT2D eigenvalue weighted by atomic mass is 16.4. The second kappa shape index (κ2) is 3.81. The third-order valence-electron chi connectivity index (χ3n) is 2.47. The lowest BCUT2D eigenvalue weighted by Crippen LogP contribution is -2.21. The van der Waals surface area contributed by atoms with Crippen LogP contribution in [0.5, 0.6) is 0 Å². The third kappa shape index (κ3) is 1.63. The summed E-state index contributed by atoms with van der Waals surface area (Å²) < 4.78 is 5.63. The molecule has 2 aromatic rings. The van der Waals surface area contributed by atoms with E-state index in [1.54, 1.807) is 0 Å². The van der Waals surface area contributed by atoms with Crippen LogP contribution in [-0.4, -0.2) is 18.1 Å². The maximum absolute atomic E-state index is 5.81. The van der Waals surface area contributed by atoms with Gasteiger partial charge >= 0.3 is 0 Å². The van der Waals surface area contributed by atoms with Gasteiger partial charge in [0.25, 0.3) is 6.01 Å². The molecule has 0 bridgehead atoms. The molecule has 0 atom stereocenters. The number of fused-ring (bicyclic) bond motifs is 1. The summed E-state index contributed by atoms with van der Waals surface area (Å²) >= 11 is 0. The summed E-state index contributed by atoms with van der Waals surface area (Å²) in [4.78, 5) is 6.44. The van der Waals surface area contributed by atoms with Gasteiger partial charge in [-0.15, -0.1) is 0 Å². The quantitative estimate of drug-likeness (QED) is 0.781. The fourth-order valence-electron chi connectivity index (χ4n) is 1.59. The van der Waals surface area contributed by atoms with Gasteiger partial charge in [-0.3, -0.25) is 0 Å². The Hall–Kier alpha value is -1.71. The number of oxazole rings is 1. The zero-order valence-corrected chi connectivity index (χ0v) is 9.03. The summed E-state index contributed by atoms with van der Waals surface area (Å²) in [6, 6.07) is 6.23. The molecule has 0 radical (unpaired) electrons. The smallest absolute Gasteiger partial charge is 0.298 e. The van der Waals surface area contributed by atoms with Crippen molar-refractivity contribution in [1.82, 2.24) is 4.98 Å². The number of hydrogen-bond donors (Lipinski definition) is 1. The first kappa shape index (κ1) is 9.83. The van der Waals surface area contributed by atoms with Crippen LogP contribution >= 0.6 is 0 Å². The van der Waals surface area contributed by atoms with Crippen LogP contribution < -0.4 is 10.6 Å². The van der Waals surface area contributed by atoms with E-state index in [4.69, 9.17) is 10.2 Å². The number of nitrogens with two attached hydrogens (primary N) is 1. The summed E-state index contributed by atoms with van der Waals surface area (Å²) in [7, 11) is 0. The van der Waals surface area contributed by atoms with Gasteiger partial charge in [-0.2, -0.15) is 4.98 Å². The zero-order chi connectivity index (χ0) is 10.8. The first-order valence-electron chi connectivity index (χ1n) is 5.16. The van der Waals surface area contributed by atoms with Crippen molar-refractivity contribution in [3.05, 3.63) is 18.2 Å². The van der Waals surface area contributed by atoms with Crippen molar-refractivity contribution in [1.29, 1.82) is 0 Å². The molecule has 0 aliphatic rings. The van der Waals surface area contributed by atoms with E-state index in [-0.39, 0.29) is 0 Å². The van der Waals surface area contributed by atoms with E-state index in [2.05, 4.69) is 23.7 Å². The van der Waals surface area contributed by atoms with E-state index in [9.17, 15) is 0 Å². The van der Waals surface area contributed by atoms with Crippen LogP contribution in [0.4, 0.5) is 11.7 Å². The molecule has 80 valence electrons. The van der Waals surface area contributed by atoms with Crippen LogP contribution in [0.1, 0.15) is 13.8 Å². The highest BCUT2D eigenvalue weighted by molar-refractivity contribution is 5.86. The molecule has 15 heavy (non-hydrogen) atoms. The Kier molecular flexibility index (Phi) is 2.49. The summed E-state index contributed by atoms with van der Waals surface area (Å²) in [5.41, 5.74) is 7.97. The van der Waals surface area contributed by atoms with Crippen molar-refractivity contribution in [3.63, 3.8) is 0 Å². The minimum atomic E-state index is 0.646. The second-order valence-electron chi connectivity index (χ2n) is 3.36. The number of aromatic nitrogens is 1. The van der Waals surface area contributed by atoms with Crippen molar-refractivity contribution < 1.29 is 4.42 Å². The predicted octanol–water partition coefficient (Wildman–Crippen LogP) is 2.26. The molecule has 0 unspecified atom stereocenters. The van der Waals surface area contributed by atoms with Gasteiger partial charge in [0.05, 0.1) is 5.69 Å². The minimum absolute atomic E-state index is 0.646. The van der Waals surface area contributed by atoms with Crippen molar-refractivity contribution in [3.8, 4) is 0 Å². The number of nitrogen functional groups attached to an aromatic ring is 1. The van der Waals surface area contributed by atoms with Gasteiger partial charge < -0.3 is 15.1 Å². The van der Waals surface area contributed by atoms with E-state index in [0.717, 1.165) is 24.2 Å². The molecule has 0 saturated carbocycles. The molecule has 1 aromatic heterocycles. The molecule has 0 aliphatic heterocycles. The third-order valence-corrected chi connectivity index (χ3v) is 2.47. The maximum Gasteiger partial charge on any atom is 0.298 e. The van der Waals surface area contributed by atoms with Crippen molar-refractivity contribution in [2.24, 2.45) is 0 Å². The number of benzene rings is 1. The lowest BCUT2D eigenvalue weighted by atomic mass is 10.3. The van der Waals surface area contributed by atoms with Crippen molar-refractivity contribution >= 4 is 22.8 Å². The number of para-hydroxylation sites is 1. The SMILES string of the molecule is CCN(CC)c1nc2c(N)cccc2o1. The average molecular weight is 205 g/mol. The van der Waals surface area contributed by atoms with Crippen LogP contribution in [0.2, 0.25) is 0 Å². The molecule has 4 heteroatoms. The molecule has 1 heterocycles. The van der Waals surface area contributed by atoms with Crippen LogP contribution in [0, 0.1) is 0 Å². The Bertz CT molecular complexity index is 460. The van der Waals surface area contributed by atoms with Crippen LogP contribution in [0.15, 0.2) is 22.6 Å². The largest absolute Gasteiger partial charge is 0.423 e. The first-order chi connectivity index (χ1) is 7.26. The van der Waals surface area contributed by atoms with Gasteiger partial charge in [-0.05, 0) is 26.0 Å². The molecule has 4 nitrogen and oxygen atoms in total. The zero-order valence-electron chi connectivity index (χ0n) is 9.03. The van der Waals surface area contributed by atoms with Crippen molar-refractivity contribution in [2.45, 2.75) is 13.8 Å². The molecule has 0 spiro atoms. The van der Waals surface area contributed by atoms with Crippen molar-refractivity contribution in [2.75, 3.05) is 23.7 Å². The van der Waals surface area contributed by atoms with Gasteiger partial charge in [0.1, 0.15) is 5.52 Å². The van der Waals surface area contributed by atoms with Crippen LogP contribution in [-0.2, 0) is 0 Å². The standard InChI is InChI=1S/C11H15N3O/c1-3-14(4-2)11-13-10-8(12)6-5-7-9(10)15-11/h5-7H,3-4,12H2,1-2H3. The topological polar surface area (TPSA) is 55.3 Å². The first-order valence-corrected chi connectivity index (χ1v) is 5.16. The predicted molar refractivity (Wildman–Crippen MR) is 62.0 cm³/mol. The number of nitrogens with zero attached hydrogens (tertiary/aromatic N) is 2. The van der Waals surface area contributed by atoms with E-state index in [1.807, 2.05) is 18.2 Å². The van der Waals surface area contributed by atoms with E-state index < -0.39 is 0 Å². The highest BCUT2D eigenvalue weighted by Gasteiger charge is 2.11. The summed E-state index contributed by atoms with van der Waals surface area (Å²) in [5.74, 6) is 0. The Balaban J connectivity index is 2.51. The Morgan fingerprint density at radius 1 is 1.33 bits per heavy atom. The minimum Gasteiger partial charge on any atom is -0.423 e. The van der Waals surface area contributed by atoms with Crippen LogP contribution in [0.3, 0.4) is 0 Å². The Morgan fingerprint density at radius 3 is 2.67 bits per heavy atom. The lowest BCUT2D eigenvalue weighted by Gasteiger charge is -2.14. The maximum atomic E-state index is 5.81. The molecular formula is C11H15N3O. The summed E-state index contributed by atoms with van der Waals surface area (Å²) in [5, 5.41) is 0. The Labute approximate surface area is 88.7 Å². The van der Waals surface area contributed by atoms with Gasteiger partial charge in [-0.1, -0.05) is 6.07 Å². The molecule has 0 amide bonds. The molecule has 2 N–H and O–H groups in total. The highest BCUT2D eigenvalue weighted by Crippen LogP contribution is 2.25. The number of hydrogen-bond acceptors (Lipinski definition) is 4. The number of anilines is 2. The number of rotatable bonds is 3. The van der Waals surface area contributed by atoms with E-state index in [1.165, 1.54) is 0 Å². The van der Waals surface area contributed by atoms with Gasteiger partial charge in [0.15, 0.2) is 5.58 Å². The monoisotopic (exact) mass is 205 g/mol.